The lowest BCUT2D eigenvalue weighted by atomic mass is 9.71. The number of fused-ring (bicyclic) bond motifs is 2. The van der Waals surface area contributed by atoms with Crippen LogP contribution in [-0.4, -0.2) is 5.11 Å². The number of rotatable bonds is 1. The third-order valence-corrected chi connectivity index (χ3v) is 5.40. The number of aromatic hydroxyl groups is 1. The lowest BCUT2D eigenvalue weighted by Crippen LogP contribution is -2.20. The zero-order chi connectivity index (χ0) is 13.5. The molecule has 3 aliphatic carbocycles. The Balaban J connectivity index is 1.81. The predicted molar refractivity (Wildman–Crippen MR) is 82.1 cm³/mol. The van der Waals surface area contributed by atoms with Gasteiger partial charge in [0.2, 0.25) is 0 Å². The van der Waals surface area contributed by atoms with E-state index in [0.29, 0.717) is 17.6 Å². The van der Waals surface area contributed by atoms with E-state index in [1.165, 1.54) is 55.2 Å². The molecule has 0 bridgehead atoms. The maximum atomic E-state index is 10.5. The van der Waals surface area contributed by atoms with E-state index in [9.17, 15) is 5.11 Å². The van der Waals surface area contributed by atoms with E-state index in [1.54, 1.807) is 5.57 Å². The minimum Gasteiger partial charge on any atom is -0.508 e. The van der Waals surface area contributed by atoms with Gasteiger partial charge in [-0.3, -0.25) is 0 Å². The lowest BCUT2D eigenvalue weighted by Gasteiger charge is -2.34. The molecule has 3 aliphatic rings. The lowest BCUT2D eigenvalue weighted by molar-refractivity contribution is 0.411. The van der Waals surface area contributed by atoms with Crippen molar-refractivity contribution in [1.82, 2.24) is 0 Å². The topological polar surface area (TPSA) is 20.2 Å². The van der Waals surface area contributed by atoms with Gasteiger partial charge in [0.05, 0.1) is 0 Å². The molecule has 1 N–H and O–H groups in total. The van der Waals surface area contributed by atoms with Gasteiger partial charge in [-0.05, 0) is 68.1 Å². The fourth-order valence-corrected chi connectivity index (χ4v) is 4.46. The second kappa shape index (κ2) is 4.80. The van der Waals surface area contributed by atoms with Crippen LogP contribution >= 0.6 is 0 Å². The molecular weight excluding hydrogens is 244 g/mol. The zero-order valence-corrected chi connectivity index (χ0v) is 11.9. The van der Waals surface area contributed by atoms with Crippen molar-refractivity contribution in [3.8, 4) is 5.75 Å². The molecule has 1 fully saturated rings. The van der Waals surface area contributed by atoms with E-state index in [-0.39, 0.29) is 0 Å². The predicted octanol–water partition coefficient (Wildman–Crippen LogP) is 4.65. The van der Waals surface area contributed by atoms with E-state index in [4.69, 9.17) is 0 Å². The van der Waals surface area contributed by atoms with Gasteiger partial charge in [0.25, 0.3) is 0 Å². The molecule has 0 aliphatic heterocycles. The highest BCUT2D eigenvalue weighted by Crippen LogP contribution is 2.48. The number of hydrogen-bond donors (Lipinski definition) is 1. The number of aryl methyl sites for hydroxylation is 1. The zero-order valence-electron chi connectivity index (χ0n) is 11.9. The fourth-order valence-electron chi connectivity index (χ4n) is 4.46. The highest BCUT2D eigenvalue weighted by Gasteiger charge is 2.33. The minimum atomic E-state index is 0.502. The highest BCUT2D eigenvalue weighted by molar-refractivity contribution is 5.50. The van der Waals surface area contributed by atoms with Crippen molar-refractivity contribution in [2.45, 2.75) is 50.9 Å². The first-order valence-electron chi connectivity index (χ1n) is 8.05. The summed E-state index contributed by atoms with van der Waals surface area (Å²) in [6.45, 7) is 0. The van der Waals surface area contributed by atoms with Gasteiger partial charge in [-0.15, -0.1) is 0 Å². The Hall–Kier alpha value is -1.50. The van der Waals surface area contributed by atoms with Crippen LogP contribution in [0.2, 0.25) is 0 Å². The summed E-state index contributed by atoms with van der Waals surface area (Å²) >= 11 is 0. The summed E-state index contributed by atoms with van der Waals surface area (Å²) < 4.78 is 0. The number of phenolic OH excluding ortho intramolecular Hbond substituents is 1. The molecule has 1 aromatic rings. The average molecular weight is 266 g/mol. The number of allylic oxidation sites excluding steroid dienone is 4. The van der Waals surface area contributed by atoms with E-state index in [1.807, 2.05) is 6.07 Å². The van der Waals surface area contributed by atoms with E-state index in [0.717, 1.165) is 6.42 Å². The molecule has 104 valence electrons. The summed E-state index contributed by atoms with van der Waals surface area (Å²) in [6, 6.07) is 4.09. The Labute approximate surface area is 121 Å². The van der Waals surface area contributed by atoms with Gasteiger partial charge in [0.15, 0.2) is 0 Å². The van der Waals surface area contributed by atoms with Crippen LogP contribution in [-0.2, 0) is 12.8 Å². The third-order valence-electron chi connectivity index (χ3n) is 5.40. The summed E-state index contributed by atoms with van der Waals surface area (Å²) in [5, 5.41) is 10.5. The number of benzene rings is 1. The molecule has 1 nitrogen and oxygen atoms in total. The summed E-state index contributed by atoms with van der Waals surface area (Å²) in [5.41, 5.74) is 5.82. The van der Waals surface area contributed by atoms with Gasteiger partial charge < -0.3 is 5.11 Å². The van der Waals surface area contributed by atoms with Gasteiger partial charge in [-0.25, -0.2) is 0 Å². The monoisotopic (exact) mass is 266 g/mol. The third kappa shape index (κ3) is 1.83. The first-order valence-corrected chi connectivity index (χ1v) is 8.05. The summed E-state index contributed by atoms with van der Waals surface area (Å²) in [7, 11) is 0. The van der Waals surface area contributed by atoms with E-state index < -0.39 is 0 Å². The normalized spacial score (nSPS) is 27.9. The number of phenols is 1. The first-order chi connectivity index (χ1) is 9.84. The maximum Gasteiger partial charge on any atom is 0.119 e. The van der Waals surface area contributed by atoms with Crippen LogP contribution in [0.3, 0.4) is 0 Å². The SMILES string of the molecule is Oc1ccc2c(c1C1CCCC3=CC=CC31)CCCC2. The Bertz CT molecular complexity index is 594. The van der Waals surface area contributed by atoms with E-state index >= 15 is 0 Å². The van der Waals surface area contributed by atoms with Crippen molar-refractivity contribution in [1.29, 1.82) is 0 Å². The molecule has 1 aromatic carbocycles. The van der Waals surface area contributed by atoms with E-state index in [2.05, 4.69) is 24.3 Å². The van der Waals surface area contributed by atoms with Gasteiger partial charge in [0.1, 0.15) is 5.75 Å². The van der Waals surface area contributed by atoms with Crippen LogP contribution in [0.25, 0.3) is 0 Å². The largest absolute Gasteiger partial charge is 0.508 e. The van der Waals surface area contributed by atoms with Crippen molar-refractivity contribution < 1.29 is 5.11 Å². The molecule has 1 heteroatoms. The molecular formula is C19H22O. The quantitative estimate of drug-likeness (QED) is 0.784. The second-order valence-corrected chi connectivity index (χ2v) is 6.49. The van der Waals surface area contributed by atoms with Crippen molar-refractivity contribution in [2.24, 2.45) is 5.92 Å². The Kier molecular flexibility index (Phi) is 2.94. The van der Waals surface area contributed by atoms with Gasteiger partial charge in [0, 0.05) is 11.5 Å². The number of hydrogen-bond acceptors (Lipinski definition) is 1. The summed E-state index contributed by atoms with van der Waals surface area (Å²) in [6.07, 6.45) is 15.5. The second-order valence-electron chi connectivity index (χ2n) is 6.49. The van der Waals surface area contributed by atoms with Crippen LogP contribution in [0.1, 0.15) is 54.7 Å². The Morgan fingerprint density at radius 2 is 1.90 bits per heavy atom. The highest BCUT2D eigenvalue weighted by atomic mass is 16.3. The van der Waals surface area contributed by atoms with Gasteiger partial charge in [-0.2, -0.15) is 0 Å². The molecule has 20 heavy (non-hydrogen) atoms. The Morgan fingerprint density at radius 1 is 1.00 bits per heavy atom. The van der Waals surface area contributed by atoms with Crippen molar-refractivity contribution in [2.75, 3.05) is 0 Å². The van der Waals surface area contributed by atoms with Crippen LogP contribution in [0.15, 0.2) is 35.9 Å². The maximum absolute atomic E-state index is 10.5. The van der Waals surface area contributed by atoms with Crippen LogP contribution in [0, 0.1) is 5.92 Å². The molecule has 0 aromatic heterocycles. The molecule has 0 saturated heterocycles. The Morgan fingerprint density at radius 3 is 2.85 bits per heavy atom. The molecule has 1 saturated carbocycles. The molecule has 2 unspecified atom stereocenters. The molecule has 0 heterocycles. The minimum absolute atomic E-state index is 0.502. The molecule has 0 radical (unpaired) electrons. The van der Waals surface area contributed by atoms with Crippen molar-refractivity contribution >= 4 is 0 Å². The summed E-state index contributed by atoms with van der Waals surface area (Å²) in [4.78, 5) is 0. The van der Waals surface area contributed by atoms with Crippen LogP contribution < -0.4 is 0 Å². The van der Waals surface area contributed by atoms with Crippen LogP contribution in [0.4, 0.5) is 0 Å². The molecule has 0 spiro atoms. The fraction of sp³-hybridized carbons (Fsp3) is 0.474. The molecule has 4 rings (SSSR count). The van der Waals surface area contributed by atoms with Gasteiger partial charge >= 0.3 is 0 Å². The van der Waals surface area contributed by atoms with Crippen molar-refractivity contribution in [3.05, 3.63) is 52.6 Å². The molecule has 0 amide bonds. The van der Waals surface area contributed by atoms with Crippen LogP contribution in [0.5, 0.6) is 5.75 Å². The van der Waals surface area contributed by atoms with Crippen molar-refractivity contribution in [3.63, 3.8) is 0 Å². The van der Waals surface area contributed by atoms with Gasteiger partial charge in [-0.1, -0.05) is 29.9 Å². The first kappa shape index (κ1) is 12.3. The smallest absolute Gasteiger partial charge is 0.119 e. The summed E-state index contributed by atoms with van der Waals surface area (Å²) in [5.74, 6) is 1.59. The standard InChI is InChI=1S/C19H22O/c20-18-12-11-14-5-1-2-8-16(14)19(18)17-10-4-7-13-6-3-9-15(13)17/h3,6,9,11-12,15,17,20H,1-2,4-5,7-8,10H2. The average Bonchev–Trinajstić information content (AvgIpc) is 2.96. The molecule has 2 atom stereocenters.